The lowest BCUT2D eigenvalue weighted by Gasteiger charge is -2.10. The maximum absolute atomic E-state index is 9.22. The molecule has 0 aliphatic carbocycles. The van der Waals surface area contributed by atoms with Crippen LogP contribution in [0.4, 0.5) is 0 Å². The van der Waals surface area contributed by atoms with Crippen molar-refractivity contribution in [2.45, 2.75) is 20.0 Å². The second-order valence-electron chi connectivity index (χ2n) is 3.97. The highest BCUT2D eigenvalue weighted by molar-refractivity contribution is 6.42. The monoisotopic (exact) mass is 297 g/mol. The summed E-state index contributed by atoms with van der Waals surface area (Å²) in [7, 11) is 0. The molecule has 3 nitrogen and oxygen atoms in total. The standard InChI is InChI=1S/C14H13Cl2NO2/c1-2-10-6-9(8-18)7-13(17-10)19-12-5-3-4-11(15)14(12)16/h3-7,18H,2,8H2,1H3. The van der Waals surface area contributed by atoms with E-state index in [-0.39, 0.29) is 6.61 Å². The van der Waals surface area contributed by atoms with Crippen molar-refractivity contribution in [1.29, 1.82) is 0 Å². The molecule has 5 heteroatoms. The minimum atomic E-state index is -0.0604. The summed E-state index contributed by atoms with van der Waals surface area (Å²) in [4.78, 5) is 4.33. The van der Waals surface area contributed by atoms with E-state index in [1.54, 1.807) is 24.3 Å². The molecule has 1 aromatic carbocycles. The van der Waals surface area contributed by atoms with E-state index >= 15 is 0 Å². The molecule has 0 saturated carbocycles. The Morgan fingerprint density at radius 2 is 2.05 bits per heavy atom. The predicted molar refractivity (Wildman–Crippen MR) is 76.1 cm³/mol. The smallest absolute Gasteiger partial charge is 0.219 e. The highest BCUT2D eigenvalue weighted by atomic mass is 35.5. The van der Waals surface area contributed by atoms with Gasteiger partial charge in [-0.25, -0.2) is 4.98 Å². The highest BCUT2D eigenvalue weighted by Crippen LogP contribution is 2.34. The van der Waals surface area contributed by atoms with Crippen molar-refractivity contribution in [3.8, 4) is 11.6 Å². The predicted octanol–water partition coefficient (Wildman–Crippen LogP) is 4.24. The second-order valence-corrected chi connectivity index (χ2v) is 4.76. The molecule has 19 heavy (non-hydrogen) atoms. The average Bonchev–Trinajstić information content (AvgIpc) is 2.43. The fraction of sp³-hybridized carbons (Fsp3) is 0.214. The van der Waals surface area contributed by atoms with Crippen LogP contribution in [-0.4, -0.2) is 10.1 Å². The van der Waals surface area contributed by atoms with Gasteiger partial charge in [-0.2, -0.15) is 0 Å². The quantitative estimate of drug-likeness (QED) is 0.918. The van der Waals surface area contributed by atoms with Crippen molar-refractivity contribution in [2.24, 2.45) is 0 Å². The number of aryl methyl sites for hydroxylation is 1. The minimum absolute atomic E-state index is 0.0604. The summed E-state index contributed by atoms with van der Waals surface area (Å²) in [5.74, 6) is 0.839. The van der Waals surface area contributed by atoms with Crippen LogP contribution < -0.4 is 4.74 Å². The maximum Gasteiger partial charge on any atom is 0.219 e. The van der Waals surface area contributed by atoms with Crippen LogP contribution in [0.15, 0.2) is 30.3 Å². The summed E-state index contributed by atoms with van der Waals surface area (Å²) in [6.45, 7) is 1.93. The van der Waals surface area contributed by atoms with Crippen molar-refractivity contribution < 1.29 is 9.84 Å². The van der Waals surface area contributed by atoms with Crippen LogP contribution in [-0.2, 0) is 13.0 Å². The molecule has 1 heterocycles. The van der Waals surface area contributed by atoms with Gasteiger partial charge in [-0.1, -0.05) is 36.2 Å². The maximum atomic E-state index is 9.22. The largest absolute Gasteiger partial charge is 0.437 e. The number of ether oxygens (including phenoxy) is 1. The Labute approximate surface area is 121 Å². The summed E-state index contributed by atoms with van der Waals surface area (Å²) < 4.78 is 5.64. The molecule has 0 amide bonds. The lowest BCUT2D eigenvalue weighted by atomic mass is 10.2. The molecule has 2 rings (SSSR count). The third kappa shape index (κ3) is 3.38. The van der Waals surface area contributed by atoms with Gasteiger partial charge in [0.15, 0.2) is 0 Å². The molecule has 0 saturated heterocycles. The van der Waals surface area contributed by atoms with Crippen molar-refractivity contribution >= 4 is 23.2 Å². The van der Waals surface area contributed by atoms with E-state index in [1.165, 1.54) is 0 Å². The molecule has 0 aliphatic heterocycles. The van der Waals surface area contributed by atoms with Crippen molar-refractivity contribution in [3.63, 3.8) is 0 Å². The summed E-state index contributed by atoms with van der Waals surface area (Å²) in [6.07, 6.45) is 0.757. The van der Waals surface area contributed by atoms with Crippen LogP contribution in [0.5, 0.6) is 11.6 Å². The molecule has 100 valence electrons. The van der Waals surface area contributed by atoms with Gasteiger partial charge >= 0.3 is 0 Å². The van der Waals surface area contributed by atoms with Crippen LogP contribution in [0, 0.1) is 0 Å². The first-order valence-corrected chi connectivity index (χ1v) is 6.62. The fourth-order valence-electron chi connectivity index (χ4n) is 1.62. The van der Waals surface area contributed by atoms with Crippen molar-refractivity contribution in [2.75, 3.05) is 0 Å². The van der Waals surface area contributed by atoms with Gasteiger partial charge in [0.2, 0.25) is 5.88 Å². The first-order valence-electron chi connectivity index (χ1n) is 5.86. The van der Waals surface area contributed by atoms with E-state index in [1.807, 2.05) is 13.0 Å². The molecule has 2 aromatic rings. The zero-order chi connectivity index (χ0) is 13.8. The van der Waals surface area contributed by atoms with E-state index in [4.69, 9.17) is 27.9 Å². The zero-order valence-electron chi connectivity index (χ0n) is 10.4. The van der Waals surface area contributed by atoms with Crippen LogP contribution in [0.25, 0.3) is 0 Å². The molecule has 1 N–H and O–H groups in total. The van der Waals surface area contributed by atoms with Crippen LogP contribution in [0.2, 0.25) is 10.0 Å². The number of hydrogen-bond acceptors (Lipinski definition) is 3. The van der Waals surface area contributed by atoms with E-state index in [0.717, 1.165) is 17.7 Å². The number of aliphatic hydroxyl groups is 1. The van der Waals surface area contributed by atoms with Gasteiger partial charge in [-0.3, -0.25) is 0 Å². The lowest BCUT2D eigenvalue weighted by molar-refractivity contribution is 0.281. The summed E-state index contributed by atoms with van der Waals surface area (Å²) in [5, 5.41) is 9.99. The van der Waals surface area contributed by atoms with Crippen LogP contribution >= 0.6 is 23.2 Å². The lowest BCUT2D eigenvalue weighted by Crippen LogP contribution is -1.96. The van der Waals surface area contributed by atoms with E-state index in [9.17, 15) is 5.11 Å². The number of hydrogen-bond donors (Lipinski definition) is 1. The number of aliphatic hydroxyl groups excluding tert-OH is 1. The Morgan fingerprint density at radius 1 is 1.26 bits per heavy atom. The number of pyridine rings is 1. The molecule has 0 atom stereocenters. The third-order valence-corrected chi connectivity index (χ3v) is 3.39. The third-order valence-electron chi connectivity index (χ3n) is 2.59. The van der Waals surface area contributed by atoms with Gasteiger partial charge in [0, 0.05) is 11.8 Å². The van der Waals surface area contributed by atoms with Crippen LogP contribution in [0.1, 0.15) is 18.2 Å². The van der Waals surface area contributed by atoms with E-state index < -0.39 is 0 Å². The van der Waals surface area contributed by atoms with E-state index in [0.29, 0.717) is 21.7 Å². The normalized spacial score (nSPS) is 10.5. The number of benzene rings is 1. The molecule has 0 aliphatic rings. The second kappa shape index (κ2) is 6.24. The Kier molecular flexibility index (Phi) is 4.64. The molecule has 0 spiro atoms. The van der Waals surface area contributed by atoms with Gasteiger partial charge in [-0.15, -0.1) is 0 Å². The molecular weight excluding hydrogens is 285 g/mol. The topological polar surface area (TPSA) is 42.4 Å². The molecule has 0 bridgehead atoms. The fourth-order valence-corrected chi connectivity index (χ4v) is 1.95. The Balaban J connectivity index is 2.34. The number of nitrogens with zero attached hydrogens (tertiary/aromatic N) is 1. The Bertz CT molecular complexity index is 565. The van der Waals surface area contributed by atoms with Gasteiger partial charge in [-0.05, 0) is 30.2 Å². The summed E-state index contributed by atoms with van der Waals surface area (Å²) in [6, 6.07) is 8.67. The SMILES string of the molecule is CCc1cc(CO)cc(Oc2cccc(Cl)c2Cl)n1. The number of rotatable bonds is 4. The Morgan fingerprint density at radius 3 is 2.74 bits per heavy atom. The molecular formula is C14H13Cl2NO2. The molecule has 0 fully saturated rings. The van der Waals surface area contributed by atoms with Gasteiger partial charge < -0.3 is 9.84 Å². The molecule has 1 aromatic heterocycles. The summed E-state index contributed by atoms with van der Waals surface area (Å²) in [5.41, 5.74) is 1.60. The van der Waals surface area contributed by atoms with E-state index in [2.05, 4.69) is 4.98 Å². The first-order chi connectivity index (χ1) is 9.13. The van der Waals surface area contributed by atoms with Crippen molar-refractivity contribution in [1.82, 2.24) is 4.98 Å². The highest BCUT2D eigenvalue weighted by Gasteiger charge is 2.09. The zero-order valence-corrected chi connectivity index (χ0v) is 11.9. The van der Waals surface area contributed by atoms with Crippen molar-refractivity contribution in [3.05, 3.63) is 51.6 Å². The molecule has 0 radical (unpaired) electrons. The number of aromatic nitrogens is 1. The van der Waals surface area contributed by atoms with Gasteiger partial charge in [0.25, 0.3) is 0 Å². The van der Waals surface area contributed by atoms with Crippen LogP contribution in [0.3, 0.4) is 0 Å². The Hall–Kier alpha value is -1.29. The minimum Gasteiger partial charge on any atom is -0.437 e. The average molecular weight is 298 g/mol. The summed E-state index contributed by atoms with van der Waals surface area (Å²) >= 11 is 12.0. The first kappa shape index (κ1) is 14.1. The molecule has 0 unspecified atom stereocenters. The van der Waals surface area contributed by atoms with Gasteiger partial charge in [0.1, 0.15) is 10.8 Å². The van der Waals surface area contributed by atoms with Gasteiger partial charge in [0.05, 0.1) is 11.6 Å². The number of halogens is 2.